The van der Waals surface area contributed by atoms with Gasteiger partial charge in [-0.25, -0.2) is 9.97 Å². The zero-order chi connectivity index (χ0) is 25.1. The molecule has 2 heterocycles. The Labute approximate surface area is 215 Å². The standard InChI is InChI=1S/C27H23BrN6O2/c1-36-20-11-9-17(10-12-20)13-14-30-27(35)23-24-26(33-22-8-3-2-7-21(22)32-24)34(25(23)29)31-16-18-5-4-6-19(28)15-18/h2-12,15-16H,13-14,29H2,1H3,(H,30,35)/b31-16-. The van der Waals surface area contributed by atoms with E-state index in [1.54, 1.807) is 13.3 Å². The van der Waals surface area contributed by atoms with Gasteiger partial charge in [-0.15, -0.1) is 0 Å². The van der Waals surface area contributed by atoms with E-state index in [9.17, 15) is 4.79 Å². The predicted octanol–water partition coefficient (Wildman–Crippen LogP) is 4.79. The van der Waals surface area contributed by atoms with Gasteiger partial charge in [-0.1, -0.05) is 52.3 Å². The molecule has 5 aromatic rings. The second-order valence-electron chi connectivity index (χ2n) is 8.11. The highest BCUT2D eigenvalue weighted by Crippen LogP contribution is 2.28. The van der Waals surface area contributed by atoms with Gasteiger partial charge in [0.1, 0.15) is 22.6 Å². The summed E-state index contributed by atoms with van der Waals surface area (Å²) in [5.74, 6) is 0.637. The third-order valence-corrected chi connectivity index (χ3v) is 6.22. The lowest BCUT2D eigenvalue weighted by Gasteiger charge is -2.06. The average Bonchev–Trinajstić information content (AvgIpc) is 3.16. The average molecular weight is 543 g/mol. The molecule has 0 spiro atoms. The van der Waals surface area contributed by atoms with Crippen LogP contribution in [0.15, 0.2) is 82.4 Å². The monoisotopic (exact) mass is 542 g/mol. The molecule has 0 aliphatic carbocycles. The lowest BCUT2D eigenvalue weighted by molar-refractivity contribution is 0.0956. The first-order valence-electron chi connectivity index (χ1n) is 11.3. The normalized spacial score (nSPS) is 11.4. The maximum absolute atomic E-state index is 13.3. The number of aromatic nitrogens is 3. The summed E-state index contributed by atoms with van der Waals surface area (Å²) >= 11 is 3.47. The molecule has 0 aliphatic rings. The van der Waals surface area contributed by atoms with E-state index in [1.165, 1.54) is 4.68 Å². The summed E-state index contributed by atoms with van der Waals surface area (Å²) in [5.41, 5.74) is 10.8. The molecule has 0 aliphatic heterocycles. The third kappa shape index (κ3) is 4.78. The van der Waals surface area contributed by atoms with Crippen LogP contribution in [0.25, 0.3) is 22.2 Å². The molecule has 3 aromatic carbocycles. The Morgan fingerprint density at radius 3 is 2.56 bits per heavy atom. The van der Waals surface area contributed by atoms with E-state index in [0.29, 0.717) is 35.2 Å². The molecule has 8 nitrogen and oxygen atoms in total. The number of anilines is 1. The van der Waals surface area contributed by atoms with Crippen LogP contribution in [0.2, 0.25) is 0 Å². The van der Waals surface area contributed by atoms with Crippen LogP contribution in [0.4, 0.5) is 5.82 Å². The topological polar surface area (TPSA) is 107 Å². The van der Waals surface area contributed by atoms with Crippen molar-refractivity contribution in [3.05, 3.63) is 94.0 Å². The van der Waals surface area contributed by atoms with Crippen molar-refractivity contribution in [1.29, 1.82) is 0 Å². The number of benzene rings is 3. The fraction of sp³-hybridized carbons (Fsp3) is 0.111. The smallest absolute Gasteiger partial charge is 0.257 e. The van der Waals surface area contributed by atoms with E-state index in [-0.39, 0.29) is 17.3 Å². The Morgan fingerprint density at radius 2 is 1.83 bits per heavy atom. The molecular weight excluding hydrogens is 520 g/mol. The first-order chi connectivity index (χ1) is 17.5. The minimum Gasteiger partial charge on any atom is -0.497 e. The molecule has 180 valence electrons. The molecule has 5 rings (SSSR count). The molecule has 0 radical (unpaired) electrons. The van der Waals surface area contributed by atoms with E-state index in [4.69, 9.17) is 20.4 Å². The Balaban J connectivity index is 1.49. The summed E-state index contributed by atoms with van der Waals surface area (Å²) in [4.78, 5) is 22.7. The highest BCUT2D eigenvalue weighted by atomic mass is 79.9. The summed E-state index contributed by atoms with van der Waals surface area (Å²) in [7, 11) is 1.63. The maximum Gasteiger partial charge on any atom is 0.257 e. The van der Waals surface area contributed by atoms with Crippen molar-refractivity contribution in [3.63, 3.8) is 0 Å². The third-order valence-electron chi connectivity index (χ3n) is 5.73. The van der Waals surface area contributed by atoms with Crippen molar-refractivity contribution in [1.82, 2.24) is 20.0 Å². The van der Waals surface area contributed by atoms with Gasteiger partial charge in [-0.2, -0.15) is 9.78 Å². The van der Waals surface area contributed by atoms with Crippen molar-refractivity contribution in [2.75, 3.05) is 19.4 Å². The number of methoxy groups -OCH3 is 1. The summed E-state index contributed by atoms with van der Waals surface area (Å²) in [6, 6.07) is 22.9. The molecule has 2 aromatic heterocycles. The van der Waals surface area contributed by atoms with E-state index in [0.717, 1.165) is 21.3 Å². The van der Waals surface area contributed by atoms with Crippen molar-refractivity contribution < 1.29 is 9.53 Å². The number of nitrogen functional groups attached to an aromatic ring is 1. The Hall–Kier alpha value is -4.24. The zero-order valence-electron chi connectivity index (χ0n) is 19.5. The number of carbonyl (C=O) groups excluding carboxylic acids is 1. The number of nitrogens with zero attached hydrogens (tertiary/aromatic N) is 4. The minimum absolute atomic E-state index is 0.175. The van der Waals surface area contributed by atoms with Gasteiger partial charge in [0.15, 0.2) is 5.65 Å². The minimum atomic E-state index is -0.327. The lowest BCUT2D eigenvalue weighted by atomic mass is 10.1. The number of para-hydroxylation sites is 2. The Kier molecular flexibility index (Phi) is 6.64. The van der Waals surface area contributed by atoms with Gasteiger partial charge in [-0.05, 0) is 53.9 Å². The van der Waals surface area contributed by atoms with Crippen LogP contribution in [0.1, 0.15) is 21.5 Å². The highest BCUT2D eigenvalue weighted by Gasteiger charge is 2.24. The first kappa shape index (κ1) is 23.5. The molecule has 0 atom stereocenters. The summed E-state index contributed by atoms with van der Waals surface area (Å²) in [6.45, 7) is 0.430. The largest absolute Gasteiger partial charge is 0.497 e. The number of nitrogens with two attached hydrogens (primary N) is 1. The van der Waals surface area contributed by atoms with E-state index >= 15 is 0 Å². The van der Waals surface area contributed by atoms with Crippen LogP contribution in [0.5, 0.6) is 5.75 Å². The quantitative estimate of drug-likeness (QED) is 0.287. The summed E-state index contributed by atoms with van der Waals surface area (Å²) < 4.78 is 7.59. The molecular formula is C27H23BrN6O2. The summed E-state index contributed by atoms with van der Waals surface area (Å²) in [5, 5.41) is 7.51. The molecule has 0 unspecified atom stereocenters. The van der Waals surface area contributed by atoms with Crippen molar-refractivity contribution in [2.24, 2.45) is 5.10 Å². The number of hydrogen-bond acceptors (Lipinski definition) is 6. The molecule has 36 heavy (non-hydrogen) atoms. The van der Waals surface area contributed by atoms with Crippen LogP contribution in [0.3, 0.4) is 0 Å². The van der Waals surface area contributed by atoms with Gasteiger partial charge in [0.25, 0.3) is 5.91 Å². The van der Waals surface area contributed by atoms with Crippen molar-refractivity contribution >= 4 is 56.1 Å². The maximum atomic E-state index is 13.3. The van der Waals surface area contributed by atoms with Crippen molar-refractivity contribution in [3.8, 4) is 5.75 Å². The summed E-state index contributed by atoms with van der Waals surface area (Å²) in [6.07, 6.45) is 2.33. The van der Waals surface area contributed by atoms with Crippen LogP contribution in [-0.2, 0) is 6.42 Å². The fourth-order valence-electron chi connectivity index (χ4n) is 3.90. The molecule has 0 saturated carbocycles. The zero-order valence-corrected chi connectivity index (χ0v) is 21.1. The Bertz CT molecular complexity index is 1590. The number of carbonyl (C=O) groups is 1. The number of rotatable bonds is 7. The molecule has 0 fully saturated rings. The number of nitrogens with one attached hydrogen (secondary N) is 1. The second-order valence-corrected chi connectivity index (χ2v) is 9.03. The van der Waals surface area contributed by atoms with Crippen LogP contribution in [-0.4, -0.2) is 40.4 Å². The van der Waals surface area contributed by atoms with Gasteiger partial charge >= 0.3 is 0 Å². The molecule has 3 N–H and O–H groups in total. The van der Waals surface area contributed by atoms with Gasteiger partial charge in [0.05, 0.1) is 24.4 Å². The molecule has 1 amide bonds. The van der Waals surface area contributed by atoms with Gasteiger partial charge in [-0.3, -0.25) is 4.79 Å². The van der Waals surface area contributed by atoms with E-state index in [2.05, 4.69) is 26.3 Å². The molecule has 0 bridgehead atoms. The predicted molar refractivity (Wildman–Crippen MR) is 146 cm³/mol. The van der Waals surface area contributed by atoms with E-state index < -0.39 is 0 Å². The number of hydrogen-bond donors (Lipinski definition) is 2. The van der Waals surface area contributed by atoms with Crippen LogP contribution in [0, 0.1) is 0 Å². The number of amides is 1. The highest BCUT2D eigenvalue weighted by molar-refractivity contribution is 9.10. The van der Waals surface area contributed by atoms with Crippen LogP contribution >= 0.6 is 15.9 Å². The van der Waals surface area contributed by atoms with Gasteiger partial charge in [0.2, 0.25) is 0 Å². The second kappa shape index (κ2) is 10.2. The first-order valence-corrected chi connectivity index (χ1v) is 12.1. The van der Waals surface area contributed by atoms with Crippen LogP contribution < -0.4 is 15.8 Å². The number of ether oxygens (including phenoxy) is 1. The molecule has 0 saturated heterocycles. The van der Waals surface area contributed by atoms with Gasteiger partial charge in [0, 0.05) is 11.0 Å². The Morgan fingerprint density at radius 1 is 1.08 bits per heavy atom. The van der Waals surface area contributed by atoms with Crippen molar-refractivity contribution in [2.45, 2.75) is 6.42 Å². The number of halogens is 1. The van der Waals surface area contributed by atoms with Gasteiger partial charge < -0.3 is 15.8 Å². The van der Waals surface area contributed by atoms with E-state index in [1.807, 2.05) is 72.8 Å². The lowest BCUT2D eigenvalue weighted by Crippen LogP contribution is -2.26. The SMILES string of the molecule is COc1ccc(CCNC(=O)c2c(N)n(/N=C\c3cccc(Br)c3)c3nc4ccccc4nc23)cc1. The molecule has 9 heteroatoms. The fourth-order valence-corrected chi connectivity index (χ4v) is 4.32. The number of fused-ring (bicyclic) bond motifs is 2.